The van der Waals surface area contributed by atoms with Crippen molar-refractivity contribution in [1.82, 2.24) is 19.8 Å². The molecule has 1 aliphatic heterocycles. The van der Waals surface area contributed by atoms with Gasteiger partial charge in [-0.25, -0.2) is 9.78 Å². The molecule has 1 aromatic heterocycles. The highest BCUT2D eigenvalue weighted by Gasteiger charge is 2.15. The maximum atomic E-state index is 12.1. The van der Waals surface area contributed by atoms with Gasteiger partial charge in [0.1, 0.15) is 0 Å². The molecule has 1 N–H and O–H groups in total. The normalized spacial score (nSPS) is 14.5. The summed E-state index contributed by atoms with van der Waals surface area (Å²) >= 11 is 0. The van der Waals surface area contributed by atoms with Gasteiger partial charge in [-0.05, 0) is 23.3 Å². The first-order valence-corrected chi connectivity index (χ1v) is 8.88. The third-order valence-electron chi connectivity index (χ3n) is 4.65. The molecular formula is C20H22N4O2. The number of aromatic nitrogens is 2. The van der Waals surface area contributed by atoms with Crippen LogP contribution in [0.2, 0.25) is 0 Å². The molecule has 2 amide bonds. The highest BCUT2D eigenvalue weighted by Crippen LogP contribution is 2.14. The molecule has 6 nitrogen and oxygen atoms in total. The monoisotopic (exact) mass is 350 g/mol. The molecule has 0 spiro atoms. The lowest BCUT2D eigenvalue weighted by atomic mass is 10.1. The number of morpholine rings is 1. The molecule has 1 aliphatic rings. The Balaban J connectivity index is 1.35. The van der Waals surface area contributed by atoms with Gasteiger partial charge in [0, 0.05) is 26.2 Å². The van der Waals surface area contributed by atoms with Gasteiger partial charge in [-0.2, -0.15) is 0 Å². The van der Waals surface area contributed by atoms with Crippen LogP contribution < -0.4 is 5.32 Å². The van der Waals surface area contributed by atoms with E-state index in [-0.39, 0.29) is 6.03 Å². The molecule has 26 heavy (non-hydrogen) atoms. The van der Waals surface area contributed by atoms with Crippen molar-refractivity contribution in [2.45, 2.75) is 13.1 Å². The largest absolute Gasteiger partial charge is 0.378 e. The van der Waals surface area contributed by atoms with E-state index in [2.05, 4.69) is 45.2 Å². The summed E-state index contributed by atoms with van der Waals surface area (Å²) < 4.78 is 7.41. The molecule has 1 saturated heterocycles. The zero-order valence-electron chi connectivity index (χ0n) is 14.6. The van der Waals surface area contributed by atoms with E-state index in [1.807, 2.05) is 24.5 Å². The number of hydrogen-bond acceptors (Lipinski definition) is 3. The number of urea groups is 1. The van der Waals surface area contributed by atoms with Gasteiger partial charge in [0.15, 0.2) is 0 Å². The van der Waals surface area contributed by atoms with Gasteiger partial charge in [0.2, 0.25) is 0 Å². The second kappa shape index (κ2) is 7.58. The standard InChI is InChI=1S/C20H22N4O2/c25-20(23-9-11-26-12-10-23)21-13-16-5-7-17(8-6-16)14-24-15-22-18-3-1-2-4-19(18)24/h1-8,15H,9-14H2,(H,21,25). The highest BCUT2D eigenvalue weighted by atomic mass is 16.5. The fraction of sp³-hybridized carbons (Fsp3) is 0.300. The molecule has 3 aromatic rings. The Morgan fingerprint density at radius 1 is 1.04 bits per heavy atom. The minimum atomic E-state index is -0.0257. The lowest BCUT2D eigenvalue weighted by molar-refractivity contribution is 0.0531. The molecular weight excluding hydrogens is 328 g/mol. The van der Waals surface area contributed by atoms with E-state index in [4.69, 9.17) is 4.74 Å². The Morgan fingerprint density at radius 2 is 1.77 bits per heavy atom. The van der Waals surface area contributed by atoms with Crippen LogP contribution in [0.4, 0.5) is 4.79 Å². The Hall–Kier alpha value is -2.86. The Morgan fingerprint density at radius 3 is 2.58 bits per heavy atom. The predicted octanol–water partition coefficient (Wildman–Crippen LogP) is 2.63. The minimum Gasteiger partial charge on any atom is -0.378 e. The lowest BCUT2D eigenvalue weighted by Crippen LogP contribution is -2.45. The van der Waals surface area contributed by atoms with Crippen molar-refractivity contribution in [3.05, 3.63) is 66.0 Å². The highest BCUT2D eigenvalue weighted by molar-refractivity contribution is 5.75. The van der Waals surface area contributed by atoms with Gasteiger partial charge in [0.25, 0.3) is 0 Å². The van der Waals surface area contributed by atoms with Crippen molar-refractivity contribution in [3.8, 4) is 0 Å². The second-order valence-electron chi connectivity index (χ2n) is 6.44. The molecule has 6 heteroatoms. The molecule has 0 saturated carbocycles. The number of fused-ring (bicyclic) bond motifs is 1. The zero-order valence-corrected chi connectivity index (χ0v) is 14.6. The summed E-state index contributed by atoms with van der Waals surface area (Å²) in [5, 5.41) is 2.97. The minimum absolute atomic E-state index is 0.0257. The van der Waals surface area contributed by atoms with Gasteiger partial charge in [0.05, 0.1) is 30.6 Å². The van der Waals surface area contributed by atoms with Gasteiger partial charge >= 0.3 is 6.03 Å². The number of carbonyl (C=O) groups is 1. The zero-order chi connectivity index (χ0) is 17.8. The first kappa shape index (κ1) is 16.6. The van der Waals surface area contributed by atoms with E-state index >= 15 is 0 Å². The molecule has 0 atom stereocenters. The fourth-order valence-corrected chi connectivity index (χ4v) is 3.15. The van der Waals surface area contributed by atoms with Crippen molar-refractivity contribution in [3.63, 3.8) is 0 Å². The van der Waals surface area contributed by atoms with E-state index in [0.29, 0.717) is 32.8 Å². The molecule has 0 unspecified atom stereocenters. The molecule has 0 radical (unpaired) electrons. The second-order valence-corrected chi connectivity index (χ2v) is 6.44. The topological polar surface area (TPSA) is 59.4 Å². The molecule has 2 heterocycles. The summed E-state index contributed by atoms with van der Waals surface area (Å²) in [4.78, 5) is 18.3. The average molecular weight is 350 g/mol. The van der Waals surface area contributed by atoms with Gasteiger partial charge in [-0.3, -0.25) is 0 Å². The van der Waals surface area contributed by atoms with Crippen LogP contribution in [-0.4, -0.2) is 46.8 Å². The summed E-state index contributed by atoms with van der Waals surface area (Å²) in [5.74, 6) is 0. The molecule has 134 valence electrons. The average Bonchev–Trinajstić information content (AvgIpc) is 3.11. The quantitative estimate of drug-likeness (QED) is 0.787. The van der Waals surface area contributed by atoms with Crippen molar-refractivity contribution in [1.29, 1.82) is 0 Å². The summed E-state index contributed by atoms with van der Waals surface area (Å²) in [6.07, 6.45) is 1.88. The van der Waals surface area contributed by atoms with Crippen LogP contribution in [0.5, 0.6) is 0 Å². The number of hydrogen-bond donors (Lipinski definition) is 1. The van der Waals surface area contributed by atoms with E-state index in [0.717, 1.165) is 23.1 Å². The van der Waals surface area contributed by atoms with E-state index in [9.17, 15) is 4.79 Å². The number of amides is 2. The van der Waals surface area contributed by atoms with Crippen molar-refractivity contribution < 1.29 is 9.53 Å². The van der Waals surface area contributed by atoms with Gasteiger partial charge in [-0.1, -0.05) is 36.4 Å². The summed E-state index contributed by atoms with van der Waals surface area (Å²) in [6, 6.07) is 16.4. The fourth-order valence-electron chi connectivity index (χ4n) is 3.15. The maximum Gasteiger partial charge on any atom is 0.317 e. The van der Waals surface area contributed by atoms with E-state index in [1.165, 1.54) is 5.56 Å². The number of para-hydroxylation sites is 2. The van der Waals surface area contributed by atoms with Crippen LogP contribution in [0.15, 0.2) is 54.9 Å². The number of carbonyl (C=O) groups excluding carboxylic acids is 1. The predicted molar refractivity (Wildman–Crippen MR) is 99.9 cm³/mol. The number of rotatable bonds is 4. The first-order chi connectivity index (χ1) is 12.8. The smallest absolute Gasteiger partial charge is 0.317 e. The van der Waals surface area contributed by atoms with Gasteiger partial charge < -0.3 is 19.5 Å². The van der Waals surface area contributed by atoms with Gasteiger partial charge in [-0.15, -0.1) is 0 Å². The van der Waals surface area contributed by atoms with Crippen molar-refractivity contribution >= 4 is 17.1 Å². The van der Waals surface area contributed by atoms with Crippen molar-refractivity contribution in [2.24, 2.45) is 0 Å². The van der Waals surface area contributed by atoms with E-state index < -0.39 is 0 Å². The van der Waals surface area contributed by atoms with Crippen LogP contribution in [-0.2, 0) is 17.8 Å². The molecule has 1 fully saturated rings. The van der Waals surface area contributed by atoms with Crippen LogP contribution in [0.25, 0.3) is 11.0 Å². The first-order valence-electron chi connectivity index (χ1n) is 8.88. The number of ether oxygens (including phenoxy) is 1. The molecule has 0 aliphatic carbocycles. The third-order valence-corrected chi connectivity index (χ3v) is 4.65. The summed E-state index contributed by atoms with van der Waals surface area (Å²) in [7, 11) is 0. The SMILES string of the molecule is O=C(NCc1ccc(Cn2cnc3ccccc32)cc1)N1CCOCC1. The maximum absolute atomic E-state index is 12.1. The van der Waals surface area contributed by atoms with Crippen LogP contribution in [0, 0.1) is 0 Å². The number of nitrogens with zero attached hydrogens (tertiary/aromatic N) is 3. The summed E-state index contributed by atoms with van der Waals surface area (Å²) in [5.41, 5.74) is 4.44. The number of nitrogens with one attached hydrogen (secondary N) is 1. The van der Waals surface area contributed by atoms with Crippen LogP contribution in [0.1, 0.15) is 11.1 Å². The van der Waals surface area contributed by atoms with Crippen molar-refractivity contribution in [2.75, 3.05) is 26.3 Å². The summed E-state index contributed by atoms with van der Waals surface area (Å²) in [6.45, 7) is 3.86. The molecule has 0 bridgehead atoms. The molecule has 4 rings (SSSR count). The lowest BCUT2D eigenvalue weighted by Gasteiger charge is -2.26. The molecule has 2 aromatic carbocycles. The Bertz CT molecular complexity index is 882. The Labute approximate surface area is 152 Å². The van der Waals surface area contributed by atoms with Crippen LogP contribution in [0.3, 0.4) is 0 Å². The Kier molecular flexibility index (Phi) is 4.84. The van der Waals surface area contributed by atoms with E-state index in [1.54, 1.807) is 4.90 Å². The number of imidazole rings is 1. The van der Waals surface area contributed by atoms with Crippen LogP contribution >= 0.6 is 0 Å². The number of benzene rings is 2. The third kappa shape index (κ3) is 3.70.